The second kappa shape index (κ2) is 8.24. The van der Waals surface area contributed by atoms with E-state index in [0.29, 0.717) is 12.6 Å². The first kappa shape index (κ1) is 17.1. The SMILES string of the molecule is Cl.Cl.O=C(NCC1CCCN1)c1cncc(F)c1. The third kappa shape index (κ3) is 4.76. The van der Waals surface area contributed by atoms with E-state index in [4.69, 9.17) is 0 Å². The number of nitrogens with zero attached hydrogens (tertiary/aromatic N) is 1. The van der Waals surface area contributed by atoms with E-state index in [1.807, 2.05) is 0 Å². The maximum Gasteiger partial charge on any atom is 0.253 e. The summed E-state index contributed by atoms with van der Waals surface area (Å²) in [5.41, 5.74) is 0.262. The first-order chi connectivity index (χ1) is 7.75. The number of aromatic nitrogens is 1. The first-order valence-corrected chi connectivity index (χ1v) is 5.38. The number of amides is 1. The van der Waals surface area contributed by atoms with Crippen LogP contribution in [0.3, 0.4) is 0 Å². The maximum absolute atomic E-state index is 12.8. The van der Waals surface area contributed by atoms with E-state index in [1.54, 1.807) is 0 Å². The molecule has 4 nitrogen and oxygen atoms in total. The summed E-state index contributed by atoms with van der Waals surface area (Å²) in [6.07, 6.45) is 4.65. The lowest BCUT2D eigenvalue weighted by molar-refractivity contribution is 0.0949. The van der Waals surface area contributed by atoms with Gasteiger partial charge in [0.15, 0.2) is 0 Å². The Morgan fingerprint density at radius 2 is 2.28 bits per heavy atom. The van der Waals surface area contributed by atoms with Crippen LogP contribution in [0.4, 0.5) is 4.39 Å². The highest BCUT2D eigenvalue weighted by Crippen LogP contribution is 2.04. The van der Waals surface area contributed by atoms with Crippen LogP contribution in [0.15, 0.2) is 18.5 Å². The molecule has 18 heavy (non-hydrogen) atoms. The quantitative estimate of drug-likeness (QED) is 0.890. The molecule has 2 heterocycles. The summed E-state index contributed by atoms with van der Waals surface area (Å²) in [7, 11) is 0. The summed E-state index contributed by atoms with van der Waals surface area (Å²) in [5, 5.41) is 6.03. The summed E-state index contributed by atoms with van der Waals surface area (Å²) in [4.78, 5) is 15.2. The summed E-state index contributed by atoms with van der Waals surface area (Å²) in [6, 6.07) is 1.52. The van der Waals surface area contributed by atoms with Crippen LogP contribution < -0.4 is 10.6 Å². The fourth-order valence-electron chi connectivity index (χ4n) is 1.78. The molecule has 0 aliphatic carbocycles. The number of nitrogens with one attached hydrogen (secondary N) is 2. The van der Waals surface area contributed by atoms with Crippen LogP contribution in [0, 0.1) is 5.82 Å². The van der Waals surface area contributed by atoms with Gasteiger partial charge < -0.3 is 10.6 Å². The van der Waals surface area contributed by atoms with Gasteiger partial charge >= 0.3 is 0 Å². The zero-order chi connectivity index (χ0) is 11.4. The van der Waals surface area contributed by atoms with Gasteiger partial charge in [0.1, 0.15) is 5.82 Å². The van der Waals surface area contributed by atoms with Gasteiger partial charge in [-0.2, -0.15) is 0 Å². The largest absolute Gasteiger partial charge is 0.350 e. The van der Waals surface area contributed by atoms with Crippen molar-refractivity contribution in [3.63, 3.8) is 0 Å². The Morgan fingerprint density at radius 3 is 2.89 bits per heavy atom. The lowest BCUT2D eigenvalue weighted by Gasteiger charge is -2.11. The highest BCUT2D eigenvalue weighted by atomic mass is 35.5. The Morgan fingerprint density at radius 1 is 1.50 bits per heavy atom. The molecule has 0 saturated carbocycles. The first-order valence-electron chi connectivity index (χ1n) is 5.38. The zero-order valence-corrected chi connectivity index (χ0v) is 11.3. The van der Waals surface area contributed by atoms with E-state index in [9.17, 15) is 9.18 Å². The van der Waals surface area contributed by atoms with Crippen LogP contribution in [0.1, 0.15) is 23.2 Å². The molecular weight excluding hydrogens is 280 g/mol. The molecule has 1 aliphatic heterocycles. The van der Waals surface area contributed by atoms with Crippen molar-refractivity contribution in [2.45, 2.75) is 18.9 Å². The van der Waals surface area contributed by atoms with Crippen molar-refractivity contribution in [1.29, 1.82) is 0 Å². The molecule has 1 aromatic rings. The smallest absolute Gasteiger partial charge is 0.253 e. The fourth-order valence-corrected chi connectivity index (χ4v) is 1.78. The molecule has 0 spiro atoms. The minimum Gasteiger partial charge on any atom is -0.350 e. The number of rotatable bonds is 3. The average Bonchev–Trinajstić information content (AvgIpc) is 2.78. The number of hydrogen-bond acceptors (Lipinski definition) is 3. The highest BCUT2D eigenvalue weighted by molar-refractivity contribution is 5.93. The fraction of sp³-hybridized carbons (Fsp3) is 0.455. The van der Waals surface area contributed by atoms with Gasteiger partial charge in [-0.3, -0.25) is 9.78 Å². The van der Waals surface area contributed by atoms with E-state index < -0.39 is 5.82 Å². The van der Waals surface area contributed by atoms with Crippen molar-refractivity contribution in [2.75, 3.05) is 13.1 Å². The van der Waals surface area contributed by atoms with E-state index in [-0.39, 0.29) is 36.3 Å². The lowest BCUT2D eigenvalue weighted by Crippen LogP contribution is -2.37. The second-order valence-corrected chi connectivity index (χ2v) is 3.90. The van der Waals surface area contributed by atoms with Gasteiger partial charge in [-0.25, -0.2) is 4.39 Å². The molecule has 1 atom stereocenters. The lowest BCUT2D eigenvalue weighted by atomic mass is 10.2. The molecule has 1 aliphatic rings. The molecule has 1 amide bonds. The van der Waals surface area contributed by atoms with E-state index in [1.165, 1.54) is 12.3 Å². The Balaban J connectivity index is 0.00000144. The van der Waals surface area contributed by atoms with Crippen LogP contribution in [-0.2, 0) is 0 Å². The zero-order valence-electron chi connectivity index (χ0n) is 9.69. The third-order valence-corrected chi connectivity index (χ3v) is 2.64. The van der Waals surface area contributed by atoms with Gasteiger partial charge in [-0.1, -0.05) is 0 Å². The Hall–Kier alpha value is -0.910. The standard InChI is InChI=1S/C11H14FN3O.2ClH/c12-9-4-8(5-13-6-9)11(16)15-7-10-2-1-3-14-10;;/h4-6,10,14H,1-3,7H2,(H,15,16);2*1H. The maximum atomic E-state index is 12.8. The molecule has 1 unspecified atom stereocenters. The van der Waals surface area contributed by atoms with Crippen molar-refractivity contribution in [3.05, 3.63) is 29.8 Å². The number of carbonyl (C=O) groups excluding carboxylic acids is 1. The molecule has 7 heteroatoms. The highest BCUT2D eigenvalue weighted by Gasteiger charge is 2.15. The Bertz CT molecular complexity index is 386. The molecule has 1 fully saturated rings. The van der Waals surface area contributed by atoms with Gasteiger partial charge in [0, 0.05) is 18.8 Å². The minimum absolute atomic E-state index is 0. The molecule has 2 rings (SSSR count). The van der Waals surface area contributed by atoms with Crippen molar-refractivity contribution >= 4 is 30.7 Å². The minimum atomic E-state index is -0.494. The van der Waals surface area contributed by atoms with Crippen LogP contribution in [0.5, 0.6) is 0 Å². The predicted octanol–water partition coefficient (Wildman–Crippen LogP) is 1.55. The van der Waals surface area contributed by atoms with Crippen molar-refractivity contribution in [2.24, 2.45) is 0 Å². The summed E-state index contributed by atoms with van der Waals surface area (Å²) >= 11 is 0. The molecule has 0 radical (unpaired) electrons. The van der Waals surface area contributed by atoms with E-state index in [2.05, 4.69) is 15.6 Å². The van der Waals surface area contributed by atoms with Crippen LogP contribution in [0.2, 0.25) is 0 Å². The molecule has 0 aromatic carbocycles. The molecule has 1 aromatic heterocycles. The summed E-state index contributed by atoms with van der Waals surface area (Å²) < 4.78 is 12.8. The Kier molecular flexibility index (Phi) is 7.82. The molecule has 0 bridgehead atoms. The summed E-state index contributed by atoms with van der Waals surface area (Å²) in [5.74, 6) is -0.771. The van der Waals surface area contributed by atoms with Gasteiger partial charge in [0.2, 0.25) is 0 Å². The van der Waals surface area contributed by atoms with Crippen molar-refractivity contribution < 1.29 is 9.18 Å². The third-order valence-electron chi connectivity index (χ3n) is 2.64. The van der Waals surface area contributed by atoms with Gasteiger partial charge in [-0.15, -0.1) is 24.8 Å². The van der Waals surface area contributed by atoms with Gasteiger partial charge in [0.05, 0.1) is 11.8 Å². The van der Waals surface area contributed by atoms with Crippen molar-refractivity contribution in [1.82, 2.24) is 15.6 Å². The molecule has 2 N–H and O–H groups in total. The second-order valence-electron chi connectivity index (χ2n) is 3.90. The van der Waals surface area contributed by atoms with Crippen molar-refractivity contribution in [3.8, 4) is 0 Å². The molecule has 102 valence electrons. The number of halogens is 3. The number of hydrogen-bond donors (Lipinski definition) is 2. The summed E-state index contributed by atoms with van der Waals surface area (Å²) in [6.45, 7) is 1.58. The topological polar surface area (TPSA) is 54.0 Å². The van der Waals surface area contributed by atoms with Gasteiger partial charge in [-0.05, 0) is 25.5 Å². The van der Waals surface area contributed by atoms with Crippen LogP contribution >= 0.6 is 24.8 Å². The number of carbonyl (C=O) groups is 1. The normalized spacial score (nSPS) is 17.5. The van der Waals surface area contributed by atoms with E-state index in [0.717, 1.165) is 25.6 Å². The van der Waals surface area contributed by atoms with Gasteiger partial charge in [0.25, 0.3) is 5.91 Å². The van der Waals surface area contributed by atoms with Crippen LogP contribution in [-0.4, -0.2) is 30.0 Å². The monoisotopic (exact) mass is 295 g/mol. The number of pyridine rings is 1. The van der Waals surface area contributed by atoms with Crippen LogP contribution in [0.25, 0.3) is 0 Å². The average molecular weight is 296 g/mol. The Labute approximate surface area is 118 Å². The predicted molar refractivity (Wildman–Crippen MR) is 72.0 cm³/mol. The molecular formula is C11H16Cl2FN3O. The van der Waals surface area contributed by atoms with E-state index >= 15 is 0 Å². The molecule has 1 saturated heterocycles.